The molecular formula is C22H25N5O4S. The highest BCUT2D eigenvalue weighted by Crippen LogP contribution is 2.33. The second-order valence-corrected chi connectivity index (χ2v) is 8.60. The summed E-state index contributed by atoms with van der Waals surface area (Å²) < 4.78 is 18.3. The summed E-state index contributed by atoms with van der Waals surface area (Å²) in [6.07, 6.45) is 1.62. The molecule has 0 spiro atoms. The molecule has 0 bridgehead atoms. The zero-order chi connectivity index (χ0) is 21.9. The lowest BCUT2D eigenvalue weighted by Crippen LogP contribution is -2.48. The number of amides is 1. The van der Waals surface area contributed by atoms with Crippen LogP contribution in [-0.2, 0) is 17.9 Å². The lowest BCUT2D eigenvalue weighted by molar-refractivity contribution is -0.130. The number of nitrogens with zero attached hydrogens (tertiary/aromatic N) is 5. The summed E-state index contributed by atoms with van der Waals surface area (Å²) in [7, 11) is 0. The molecule has 5 rings (SSSR count). The maximum Gasteiger partial charge on any atom is 0.233 e. The van der Waals surface area contributed by atoms with Crippen LogP contribution in [0.5, 0.6) is 11.5 Å². The Kier molecular flexibility index (Phi) is 6.04. The number of hydrogen-bond acceptors (Lipinski definition) is 8. The van der Waals surface area contributed by atoms with E-state index in [4.69, 9.17) is 13.9 Å². The van der Waals surface area contributed by atoms with Crippen LogP contribution in [-0.4, -0.2) is 69.2 Å². The fourth-order valence-electron chi connectivity index (χ4n) is 3.94. The van der Waals surface area contributed by atoms with Crippen molar-refractivity contribution >= 4 is 17.7 Å². The molecular weight excluding hydrogens is 430 g/mol. The average Bonchev–Trinajstić information content (AvgIpc) is 3.57. The van der Waals surface area contributed by atoms with Crippen molar-refractivity contribution in [2.45, 2.75) is 25.2 Å². The number of ether oxygens (including phenoxy) is 2. The minimum Gasteiger partial charge on any atom is -0.461 e. The number of fused-ring (bicyclic) bond motifs is 1. The first-order valence-corrected chi connectivity index (χ1v) is 11.7. The molecule has 2 aromatic heterocycles. The standard InChI is InChI=1S/C22H25N5O4S/c1-2-27-21(18-4-3-11-29-18)23-24-22(27)32-14-20(28)26-9-7-25(8-10-26)13-16-5-6-17-19(12-16)31-15-30-17/h3-6,11-12H,2,7-10,13-15H2,1H3. The molecule has 0 radical (unpaired) electrons. The van der Waals surface area contributed by atoms with Crippen LogP contribution in [0.2, 0.25) is 0 Å². The number of piperazine rings is 1. The molecule has 0 N–H and O–H groups in total. The molecule has 1 amide bonds. The second kappa shape index (κ2) is 9.25. The maximum atomic E-state index is 12.8. The normalized spacial score (nSPS) is 16.0. The highest BCUT2D eigenvalue weighted by Gasteiger charge is 2.23. The van der Waals surface area contributed by atoms with Crippen molar-refractivity contribution in [3.63, 3.8) is 0 Å². The summed E-state index contributed by atoms with van der Waals surface area (Å²) in [5.74, 6) is 3.45. The molecule has 0 saturated carbocycles. The molecule has 1 aromatic carbocycles. The van der Waals surface area contributed by atoms with E-state index in [1.165, 1.54) is 17.3 Å². The Morgan fingerprint density at radius 2 is 1.94 bits per heavy atom. The molecule has 2 aliphatic rings. The van der Waals surface area contributed by atoms with Crippen LogP contribution >= 0.6 is 11.8 Å². The Hall–Kier alpha value is -2.98. The van der Waals surface area contributed by atoms with Crippen LogP contribution < -0.4 is 9.47 Å². The van der Waals surface area contributed by atoms with Gasteiger partial charge in [-0.3, -0.25) is 14.3 Å². The predicted octanol–water partition coefficient (Wildman–Crippen LogP) is 2.72. The number of carbonyl (C=O) groups excluding carboxylic acids is 1. The molecule has 1 saturated heterocycles. The van der Waals surface area contributed by atoms with E-state index in [1.807, 2.05) is 40.7 Å². The summed E-state index contributed by atoms with van der Waals surface area (Å²) in [5, 5.41) is 9.23. The van der Waals surface area contributed by atoms with Crippen LogP contribution in [0.3, 0.4) is 0 Å². The quantitative estimate of drug-likeness (QED) is 0.503. The molecule has 10 heteroatoms. The maximum absolute atomic E-state index is 12.8. The van der Waals surface area contributed by atoms with Gasteiger partial charge in [0.2, 0.25) is 12.7 Å². The van der Waals surface area contributed by atoms with E-state index in [-0.39, 0.29) is 12.7 Å². The molecule has 0 atom stereocenters. The van der Waals surface area contributed by atoms with Gasteiger partial charge in [-0.2, -0.15) is 0 Å². The van der Waals surface area contributed by atoms with E-state index in [1.54, 1.807) is 6.26 Å². The number of furan rings is 1. The number of hydrogen-bond donors (Lipinski definition) is 0. The van der Waals surface area contributed by atoms with Gasteiger partial charge in [-0.25, -0.2) is 0 Å². The number of aromatic nitrogens is 3. The Morgan fingerprint density at radius 3 is 2.72 bits per heavy atom. The zero-order valence-corrected chi connectivity index (χ0v) is 18.7. The fourth-order valence-corrected chi connectivity index (χ4v) is 4.84. The molecule has 3 aromatic rings. The number of rotatable bonds is 7. The van der Waals surface area contributed by atoms with Crippen molar-refractivity contribution in [3.8, 4) is 23.1 Å². The Labute approximate surface area is 190 Å². The van der Waals surface area contributed by atoms with Crippen LogP contribution in [0.1, 0.15) is 12.5 Å². The van der Waals surface area contributed by atoms with E-state index in [9.17, 15) is 4.79 Å². The van der Waals surface area contributed by atoms with Crippen molar-refractivity contribution < 1.29 is 18.7 Å². The second-order valence-electron chi connectivity index (χ2n) is 7.66. The smallest absolute Gasteiger partial charge is 0.233 e. The summed E-state index contributed by atoms with van der Waals surface area (Å²) in [5.41, 5.74) is 1.19. The first-order valence-electron chi connectivity index (χ1n) is 10.7. The lowest BCUT2D eigenvalue weighted by Gasteiger charge is -2.34. The summed E-state index contributed by atoms with van der Waals surface area (Å²) >= 11 is 1.42. The number of thioether (sulfide) groups is 1. The third-order valence-electron chi connectivity index (χ3n) is 5.67. The van der Waals surface area contributed by atoms with Crippen molar-refractivity contribution in [2.75, 3.05) is 38.7 Å². The van der Waals surface area contributed by atoms with Gasteiger partial charge in [-0.15, -0.1) is 10.2 Å². The van der Waals surface area contributed by atoms with Gasteiger partial charge in [0, 0.05) is 39.3 Å². The molecule has 2 aliphatic heterocycles. The topological polar surface area (TPSA) is 85.9 Å². The molecule has 168 valence electrons. The van der Waals surface area contributed by atoms with Crippen LogP contribution in [0.4, 0.5) is 0 Å². The molecule has 9 nitrogen and oxygen atoms in total. The van der Waals surface area contributed by atoms with Gasteiger partial charge in [0.05, 0.1) is 12.0 Å². The van der Waals surface area contributed by atoms with Gasteiger partial charge in [0.1, 0.15) is 0 Å². The van der Waals surface area contributed by atoms with E-state index < -0.39 is 0 Å². The highest BCUT2D eigenvalue weighted by molar-refractivity contribution is 7.99. The van der Waals surface area contributed by atoms with Gasteiger partial charge < -0.3 is 18.8 Å². The minimum absolute atomic E-state index is 0.128. The summed E-state index contributed by atoms with van der Waals surface area (Å²) in [6, 6.07) is 9.76. The first-order chi connectivity index (χ1) is 15.7. The zero-order valence-electron chi connectivity index (χ0n) is 17.9. The SMILES string of the molecule is CCn1c(SCC(=O)N2CCN(Cc3ccc4c(c3)OCO4)CC2)nnc1-c1ccco1. The van der Waals surface area contributed by atoms with E-state index in [0.29, 0.717) is 23.9 Å². The van der Waals surface area contributed by atoms with Crippen molar-refractivity contribution in [1.29, 1.82) is 0 Å². The van der Waals surface area contributed by atoms with Crippen molar-refractivity contribution in [1.82, 2.24) is 24.6 Å². The molecule has 1 fully saturated rings. The van der Waals surface area contributed by atoms with Gasteiger partial charge in [0.15, 0.2) is 28.2 Å². The van der Waals surface area contributed by atoms with Gasteiger partial charge >= 0.3 is 0 Å². The third kappa shape index (κ3) is 4.33. The van der Waals surface area contributed by atoms with Crippen LogP contribution in [0.15, 0.2) is 46.2 Å². The average molecular weight is 456 g/mol. The van der Waals surface area contributed by atoms with Gasteiger partial charge in [-0.1, -0.05) is 17.8 Å². The predicted molar refractivity (Wildman–Crippen MR) is 119 cm³/mol. The van der Waals surface area contributed by atoms with Crippen LogP contribution in [0, 0.1) is 0 Å². The number of carbonyl (C=O) groups is 1. The third-order valence-corrected chi connectivity index (χ3v) is 6.62. The number of benzene rings is 1. The summed E-state index contributed by atoms with van der Waals surface area (Å²) in [6.45, 7) is 7.00. The van der Waals surface area contributed by atoms with E-state index in [0.717, 1.165) is 49.4 Å². The Balaban J connectivity index is 1.12. The van der Waals surface area contributed by atoms with Crippen molar-refractivity contribution in [3.05, 3.63) is 42.2 Å². The molecule has 0 unspecified atom stereocenters. The van der Waals surface area contributed by atoms with E-state index in [2.05, 4.69) is 21.2 Å². The fraction of sp³-hybridized carbons (Fsp3) is 0.409. The van der Waals surface area contributed by atoms with Gasteiger partial charge in [-0.05, 0) is 36.8 Å². The van der Waals surface area contributed by atoms with Crippen LogP contribution in [0.25, 0.3) is 11.6 Å². The Morgan fingerprint density at radius 1 is 1.09 bits per heavy atom. The Bertz CT molecular complexity index is 1080. The monoisotopic (exact) mass is 455 g/mol. The molecule has 32 heavy (non-hydrogen) atoms. The molecule has 4 heterocycles. The first kappa shape index (κ1) is 20.9. The van der Waals surface area contributed by atoms with E-state index >= 15 is 0 Å². The molecule has 0 aliphatic carbocycles. The lowest BCUT2D eigenvalue weighted by atomic mass is 10.1. The van der Waals surface area contributed by atoms with Gasteiger partial charge in [0.25, 0.3) is 0 Å². The minimum atomic E-state index is 0.128. The highest BCUT2D eigenvalue weighted by atomic mass is 32.2. The van der Waals surface area contributed by atoms with Crippen molar-refractivity contribution in [2.24, 2.45) is 0 Å². The summed E-state index contributed by atoms with van der Waals surface area (Å²) in [4.78, 5) is 17.1. The largest absolute Gasteiger partial charge is 0.461 e.